The average Bonchev–Trinajstić information content (AvgIpc) is 2.90. The minimum absolute atomic E-state index is 0.134. The van der Waals surface area contributed by atoms with Crippen LogP contribution in [0.3, 0.4) is 0 Å². The number of methoxy groups -OCH3 is 1. The van der Waals surface area contributed by atoms with Crippen LogP contribution in [-0.4, -0.2) is 46.9 Å². The topological polar surface area (TPSA) is 63.1 Å². The molecule has 0 aliphatic carbocycles. The van der Waals surface area contributed by atoms with Crippen molar-refractivity contribution in [3.8, 4) is 5.75 Å². The van der Waals surface area contributed by atoms with Gasteiger partial charge in [-0.1, -0.05) is 12.1 Å². The van der Waals surface area contributed by atoms with Crippen molar-refractivity contribution in [1.82, 2.24) is 19.7 Å². The first-order valence-electron chi connectivity index (χ1n) is 7.64. The number of ether oxygens (including phenoxy) is 1. The lowest BCUT2D eigenvalue weighted by Crippen LogP contribution is -2.31. The quantitative estimate of drug-likeness (QED) is 0.928. The van der Waals surface area contributed by atoms with Crippen molar-refractivity contribution in [2.75, 3.05) is 27.2 Å². The number of H-pyrrole nitrogens is 1. The number of hydrogen-bond acceptors (Lipinski definition) is 4. The van der Waals surface area contributed by atoms with E-state index in [9.17, 15) is 4.79 Å². The molecule has 0 radical (unpaired) electrons. The second-order valence-corrected chi connectivity index (χ2v) is 5.90. The molecule has 1 saturated heterocycles. The Morgan fingerprint density at radius 3 is 2.59 bits per heavy atom. The van der Waals surface area contributed by atoms with Crippen molar-refractivity contribution in [2.45, 2.75) is 25.3 Å². The first kappa shape index (κ1) is 14.8. The van der Waals surface area contributed by atoms with Gasteiger partial charge in [-0.05, 0) is 50.7 Å². The molecule has 6 heteroatoms. The molecule has 118 valence electrons. The summed E-state index contributed by atoms with van der Waals surface area (Å²) in [7, 11) is 3.78. The molecule has 0 unspecified atom stereocenters. The van der Waals surface area contributed by atoms with E-state index in [1.165, 1.54) is 0 Å². The van der Waals surface area contributed by atoms with Gasteiger partial charge in [0.2, 0.25) is 0 Å². The normalized spacial score (nSPS) is 16.8. The summed E-state index contributed by atoms with van der Waals surface area (Å²) < 4.78 is 6.93. The van der Waals surface area contributed by atoms with Gasteiger partial charge in [0.05, 0.1) is 13.7 Å². The van der Waals surface area contributed by atoms with Gasteiger partial charge in [-0.2, -0.15) is 5.10 Å². The smallest absolute Gasteiger partial charge is 0.343 e. The highest BCUT2D eigenvalue weighted by Gasteiger charge is 2.24. The Morgan fingerprint density at radius 2 is 1.95 bits per heavy atom. The van der Waals surface area contributed by atoms with Crippen molar-refractivity contribution < 1.29 is 4.74 Å². The molecule has 1 aliphatic heterocycles. The van der Waals surface area contributed by atoms with Crippen LogP contribution in [-0.2, 0) is 6.54 Å². The molecule has 1 aromatic heterocycles. The van der Waals surface area contributed by atoms with Gasteiger partial charge < -0.3 is 9.64 Å². The predicted octanol–water partition coefficient (Wildman–Crippen LogP) is 1.44. The third-order valence-corrected chi connectivity index (χ3v) is 4.37. The number of nitrogens with one attached hydrogen (secondary N) is 1. The molecular weight excluding hydrogens is 280 g/mol. The molecule has 1 fully saturated rings. The van der Waals surface area contributed by atoms with E-state index in [1.54, 1.807) is 11.7 Å². The zero-order valence-corrected chi connectivity index (χ0v) is 13.1. The van der Waals surface area contributed by atoms with E-state index >= 15 is 0 Å². The number of hydrogen-bond donors (Lipinski definition) is 1. The molecule has 0 spiro atoms. The summed E-state index contributed by atoms with van der Waals surface area (Å²) in [6, 6.07) is 7.79. The van der Waals surface area contributed by atoms with E-state index in [0.717, 1.165) is 43.1 Å². The van der Waals surface area contributed by atoms with Crippen LogP contribution in [0.15, 0.2) is 29.1 Å². The van der Waals surface area contributed by atoms with Crippen LogP contribution in [0.1, 0.15) is 30.1 Å². The summed E-state index contributed by atoms with van der Waals surface area (Å²) in [5, 5.41) is 6.88. The molecule has 0 atom stereocenters. The maximum atomic E-state index is 12.1. The molecule has 1 aliphatic rings. The van der Waals surface area contributed by atoms with Crippen LogP contribution in [0.5, 0.6) is 5.75 Å². The number of aromatic amines is 1. The summed E-state index contributed by atoms with van der Waals surface area (Å²) >= 11 is 0. The number of piperidine rings is 1. The lowest BCUT2D eigenvalue weighted by molar-refractivity contribution is 0.248. The molecule has 3 rings (SSSR count). The van der Waals surface area contributed by atoms with Crippen molar-refractivity contribution >= 4 is 0 Å². The fraction of sp³-hybridized carbons (Fsp3) is 0.500. The molecule has 1 aromatic carbocycles. The summed E-state index contributed by atoms with van der Waals surface area (Å²) in [5.74, 6) is 2.06. The third-order valence-electron chi connectivity index (χ3n) is 4.37. The second kappa shape index (κ2) is 6.36. The fourth-order valence-electron chi connectivity index (χ4n) is 2.97. The molecule has 2 aromatic rings. The van der Waals surface area contributed by atoms with E-state index < -0.39 is 0 Å². The minimum atomic E-state index is -0.134. The highest BCUT2D eigenvalue weighted by Crippen LogP contribution is 2.25. The molecule has 0 saturated carbocycles. The Kier molecular flexibility index (Phi) is 4.29. The Morgan fingerprint density at radius 1 is 1.27 bits per heavy atom. The molecule has 6 nitrogen and oxygen atoms in total. The van der Waals surface area contributed by atoms with Gasteiger partial charge in [0, 0.05) is 5.92 Å². The van der Waals surface area contributed by atoms with Crippen LogP contribution in [0.4, 0.5) is 0 Å². The van der Waals surface area contributed by atoms with Crippen molar-refractivity contribution in [1.29, 1.82) is 0 Å². The summed E-state index contributed by atoms with van der Waals surface area (Å²) in [5.41, 5.74) is 0.934. The number of aromatic nitrogens is 3. The van der Waals surface area contributed by atoms with E-state index in [-0.39, 0.29) is 5.69 Å². The minimum Gasteiger partial charge on any atom is -0.497 e. The van der Waals surface area contributed by atoms with E-state index in [0.29, 0.717) is 12.5 Å². The lowest BCUT2D eigenvalue weighted by Gasteiger charge is -2.28. The zero-order valence-electron chi connectivity index (χ0n) is 13.1. The Bertz CT molecular complexity index is 666. The Labute approximate surface area is 129 Å². The summed E-state index contributed by atoms with van der Waals surface area (Å²) in [4.78, 5) is 14.4. The van der Waals surface area contributed by atoms with Crippen molar-refractivity contribution in [2.24, 2.45) is 0 Å². The predicted molar refractivity (Wildman–Crippen MR) is 84.4 cm³/mol. The first-order valence-corrected chi connectivity index (χ1v) is 7.64. The van der Waals surface area contributed by atoms with Gasteiger partial charge in [-0.3, -0.25) is 4.57 Å². The Balaban J connectivity index is 1.81. The zero-order chi connectivity index (χ0) is 15.5. The molecule has 22 heavy (non-hydrogen) atoms. The first-order chi connectivity index (χ1) is 10.7. The average molecular weight is 302 g/mol. The van der Waals surface area contributed by atoms with E-state index in [1.807, 2.05) is 24.3 Å². The van der Waals surface area contributed by atoms with Crippen LogP contribution in [0.2, 0.25) is 0 Å². The van der Waals surface area contributed by atoms with Crippen LogP contribution in [0, 0.1) is 0 Å². The SMILES string of the molecule is COc1ccc(Cn2c(C3CCN(C)CC3)n[nH]c2=O)cc1. The highest BCUT2D eigenvalue weighted by molar-refractivity contribution is 5.27. The van der Waals surface area contributed by atoms with Crippen LogP contribution < -0.4 is 10.4 Å². The van der Waals surface area contributed by atoms with Gasteiger partial charge in [0.25, 0.3) is 0 Å². The second-order valence-electron chi connectivity index (χ2n) is 5.90. The molecular formula is C16H22N4O2. The van der Waals surface area contributed by atoms with E-state index in [4.69, 9.17) is 4.74 Å². The maximum Gasteiger partial charge on any atom is 0.343 e. The standard InChI is InChI=1S/C16H22N4O2/c1-19-9-7-13(8-10-19)15-17-18-16(21)20(15)11-12-3-5-14(22-2)6-4-12/h3-6,13H,7-11H2,1-2H3,(H,18,21). The van der Waals surface area contributed by atoms with Crippen molar-refractivity contribution in [3.05, 3.63) is 46.1 Å². The molecule has 2 heterocycles. The van der Waals surface area contributed by atoms with Gasteiger partial charge in [0.15, 0.2) is 0 Å². The van der Waals surface area contributed by atoms with Gasteiger partial charge in [-0.15, -0.1) is 0 Å². The number of likely N-dealkylation sites (tertiary alicyclic amines) is 1. The summed E-state index contributed by atoms with van der Waals surface area (Å²) in [6.07, 6.45) is 2.09. The molecule has 1 N–H and O–H groups in total. The van der Waals surface area contributed by atoms with Gasteiger partial charge in [-0.25, -0.2) is 9.89 Å². The highest BCUT2D eigenvalue weighted by atomic mass is 16.5. The Hall–Kier alpha value is -2.08. The molecule has 0 amide bonds. The largest absolute Gasteiger partial charge is 0.497 e. The maximum absolute atomic E-state index is 12.1. The fourth-order valence-corrected chi connectivity index (χ4v) is 2.97. The van der Waals surface area contributed by atoms with Crippen LogP contribution in [0.25, 0.3) is 0 Å². The number of rotatable bonds is 4. The van der Waals surface area contributed by atoms with E-state index in [2.05, 4.69) is 22.1 Å². The summed E-state index contributed by atoms with van der Waals surface area (Å²) in [6.45, 7) is 2.64. The number of benzene rings is 1. The number of nitrogens with zero attached hydrogens (tertiary/aromatic N) is 3. The van der Waals surface area contributed by atoms with Gasteiger partial charge in [0.1, 0.15) is 11.6 Å². The third kappa shape index (κ3) is 3.06. The van der Waals surface area contributed by atoms with Gasteiger partial charge >= 0.3 is 5.69 Å². The van der Waals surface area contributed by atoms with Crippen LogP contribution >= 0.6 is 0 Å². The molecule has 0 bridgehead atoms. The monoisotopic (exact) mass is 302 g/mol. The van der Waals surface area contributed by atoms with Crippen molar-refractivity contribution in [3.63, 3.8) is 0 Å². The lowest BCUT2D eigenvalue weighted by atomic mass is 9.96.